The fourth-order valence-electron chi connectivity index (χ4n) is 4.58. The second-order valence-electron chi connectivity index (χ2n) is 8.78. The van der Waals surface area contributed by atoms with Crippen LogP contribution >= 0.6 is 12.1 Å². The van der Waals surface area contributed by atoms with E-state index in [1.807, 2.05) is 4.31 Å². The first kappa shape index (κ1) is 22.2. The molecule has 0 atom stereocenters. The molecule has 5 rings (SSSR count). The molecule has 2 N–H and O–H groups in total. The molecule has 0 spiro atoms. The Kier molecular flexibility index (Phi) is 5.87. The Morgan fingerprint density at radius 1 is 1.23 bits per heavy atom. The summed E-state index contributed by atoms with van der Waals surface area (Å²) in [6.07, 6.45) is -0.236. The van der Waals surface area contributed by atoms with Crippen molar-refractivity contribution in [3.63, 3.8) is 0 Å². The summed E-state index contributed by atoms with van der Waals surface area (Å²) in [7, 11) is 1.63. The SMILES string of the molecule is COC1CN(SNc2ccc(C(F)(F)F)cc2C(=O)NC23CCC(C#N)(CC2)CC3)C1. The number of methoxy groups -OCH3 is 1. The maximum atomic E-state index is 13.3. The van der Waals surface area contributed by atoms with E-state index in [4.69, 9.17) is 4.74 Å². The number of nitriles is 1. The molecule has 1 heterocycles. The van der Waals surface area contributed by atoms with E-state index in [0.717, 1.165) is 12.1 Å². The van der Waals surface area contributed by atoms with Crippen molar-refractivity contribution in [2.45, 2.75) is 56.3 Å². The summed E-state index contributed by atoms with van der Waals surface area (Å²) in [5, 5.41) is 12.5. The zero-order valence-corrected chi connectivity index (χ0v) is 18.0. The second kappa shape index (κ2) is 8.19. The second-order valence-corrected chi connectivity index (χ2v) is 9.69. The van der Waals surface area contributed by atoms with Crippen LogP contribution in [0.4, 0.5) is 18.9 Å². The predicted octanol–water partition coefficient (Wildman–Crippen LogP) is 4.36. The number of nitrogens with one attached hydrogen (secondary N) is 2. The lowest BCUT2D eigenvalue weighted by Gasteiger charge is -2.50. The normalized spacial score (nSPS) is 28.6. The van der Waals surface area contributed by atoms with Gasteiger partial charge in [-0.15, -0.1) is 0 Å². The van der Waals surface area contributed by atoms with Gasteiger partial charge in [0, 0.05) is 37.9 Å². The summed E-state index contributed by atoms with van der Waals surface area (Å²) >= 11 is 1.25. The number of anilines is 1. The van der Waals surface area contributed by atoms with Gasteiger partial charge in [-0.05, 0) is 56.7 Å². The van der Waals surface area contributed by atoms with E-state index in [0.29, 0.717) is 57.3 Å². The van der Waals surface area contributed by atoms with E-state index >= 15 is 0 Å². The summed E-state index contributed by atoms with van der Waals surface area (Å²) in [4.78, 5) is 13.1. The van der Waals surface area contributed by atoms with Crippen molar-refractivity contribution in [2.24, 2.45) is 5.41 Å². The van der Waals surface area contributed by atoms with Crippen molar-refractivity contribution in [3.8, 4) is 6.07 Å². The van der Waals surface area contributed by atoms with Gasteiger partial charge >= 0.3 is 6.18 Å². The minimum Gasteiger partial charge on any atom is -0.379 e. The molecular weight excluding hydrogens is 429 g/mol. The first-order chi connectivity index (χ1) is 14.7. The molecule has 4 fully saturated rings. The van der Waals surface area contributed by atoms with Gasteiger partial charge in [-0.3, -0.25) is 4.79 Å². The van der Waals surface area contributed by atoms with Crippen LogP contribution in [-0.2, 0) is 10.9 Å². The fraction of sp³-hybridized carbons (Fsp3) is 0.619. The molecule has 0 aromatic heterocycles. The number of nitrogens with zero attached hydrogens (tertiary/aromatic N) is 2. The van der Waals surface area contributed by atoms with Gasteiger partial charge in [-0.2, -0.15) is 18.4 Å². The molecule has 2 bridgehead atoms. The highest BCUT2D eigenvalue weighted by Gasteiger charge is 2.49. The van der Waals surface area contributed by atoms with E-state index in [1.165, 1.54) is 18.2 Å². The molecule has 3 saturated carbocycles. The minimum atomic E-state index is -4.54. The van der Waals surface area contributed by atoms with Crippen molar-refractivity contribution in [2.75, 3.05) is 24.9 Å². The van der Waals surface area contributed by atoms with E-state index in [1.54, 1.807) is 7.11 Å². The third-order valence-corrected chi connectivity index (χ3v) is 7.75. The maximum absolute atomic E-state index is 13.3. The van der Waals surface area contributed by atoms with Crippen LogP contribution in [0.15, 0.2) is 18.2 Å². The molecular formula is C21H25F3N4O2S. The standard InChI is InChI=1S/C21H25F3N4O2S/c1-30-15-11-28(12-15)31-27-17-3-2-14(21(22,23)24)10-16(17)18(29)26-20-7-4-19(13-25,5-8-20)6-9-20/h2-3,10,15,27H,4-9,11-12H2,1H3,(H,26,29). The van der Waals surface area contributed by atoms with Crippen molar-refractivity contribution in [1.29, 1.82) is 5.26 Å². The van der Waals surface area contributed by atoms with Crippen molar-refractivity contribution in [1.82, 2.24) is 9.62 Å². The molecule has 31 heavy (non-hydrogen) atoms. The quantitative estimate of drug-likeness (QED) is 0.622. The molecule has 4 aliphatic rings. The van der Waals surface area contributed by atoms with Crippen LogP contribution in [0, 0.1) is 16.7 Å². The van der Waals surface area contributed by atoms with E-state index < -0.39 is 23.2 Å². The van der Waals surface area contributed by atoms with Crippen LogP contribution in [-0.4, -0.2) is 42.1 Å². The number of fused-ring (bicyclic) bond motifs is 3. The van der Waals surface area contributed by atoms with Crippen LogP contribution in [0.3, 0.4) is 0 Å². The van der Waals surface area contributed by atoms with Crippen LogP contribution in [0.2, 0.25) is 0 Å². The molecule has 1 saturated heterocycles. The van der Waals surface area contributed by atoms with Crippen LogP contribution in [0.1, 0.15) is 54.4 Å². The molecule has 3 aliphatic carbocycles. The zero-order valence-electron chi connectivity index (χ0n) is 17.2. The Labute approximate surface area is 183 Å². The highest BCUT2D eigenvalue weighted by Crippen LogP contribution is 2.52. The number of carbonyl (C=O) groups excluding carboxylic acids is 1. The van der Waals surface area contributed by atoms with Crippen LogP contribution in [0.25, 0.3) is 0 Å². The molecule has 1 aliphatic heterocycles. The molecule has 0 radical (unpaired) electrons. The van der Waals surface area contributed by atoms with Crippen LogP contribution in [0.5, 0.6) is 0 Å². The molecule has 6 nitrogen and oxygen atoms in total. The van der Waals surface area contributed by atoms with Gasteiger partial charge in [-0.25, -0.2) is 4.31 Å². The molecule has 1 aromatic carbocycles. The smallest absolute Gasteiger partial charge is 0.379 e. The topological polar surface area (TPSA) is 77.4 Å². The lowest BCUT2D eigenvalue weighted by atomic mass is 9.58. The average molecular weight is 455 g/mol. The number of halogens is 3. The van der Waals surface area contributed by atoms with Gasteiger partial charge in [0.05, 0.1) is 34.4 Å². The van der Waals surface area contributed by atoms with E-state index in [-0.39, 0.29) is 17.1 Å². The maximum Gasteiger partial charge on any atom is 0.416 e. The monoisotopic (exact) mass is 454 g/mol. The largest absolute Gasteiger partial charge is 0.416 e. The molecule has 1 aromatic rings. The van der Waals surface area contributed by atoms with Gasteiger partial charge in [0.25, 0.3) is 5.91 Å². The van der Waals surface area contributed by atoms with Gasteiger partial charge in [0.1, 0.15) is 0 Å². The first-order valence-corrected chi connectivity index (χ1v) is 11.1. The summed E-state index contributed by atoms with van der Waals surface area (Å²) in [5.41, 5.74) is -1.29. The number of ether oxygens (including phenoxy) is 1. The van der Waals surface area contributed by atoms with E-state index in [9.17, 15) is 23.2 Å². The van der Waals surface area contributed by atoms with Gasteiger partial charge in [-0.1, -0.05) is 0 Å². The summed E-state index contributed by atoms with van der Waals surface area (Å²) < 4.78 is 50.1. The van der Waals surface area contributed by atoms with Gasteiger partial charge < -0.3 is 14.8 Å². The molecule has 1 amide bonds. The summed E-state index contributed by atoms with van der Waals surface area (Å²) in [5.74, 6) is -0.515. The molecule has 168 valence electrons. The summed E-state index contributed by atoms with van der Waals surface area (Å²) in [6.45, 7) is 1.39. The van der Waals surface area contributed by atoms with Crippen molar-refractivity contribution >= 4 is 23.7 Å². The Morgan fingerprint density at radius 3 is 2.42 bits per heavy atom. The molecule has 10 heteroatoms. The number of carbonyl (C=O) groups is 1. The highest BCUT2D eigenvalue weighted by molar-refractivity contribution is 7.98. The number of hydrogen-bond donors (Lipinski definition) is 2. The summed E-state index contributed by atoms with van der Waals surface area (Å²) in [6, 6.07) is 5.62. The fourth-order valence-corrected chi connectivity index (χ4v) is 5.47. The van der Waals surface area contributed by atoms with Crippen LogP contribution < -0.4 is 10.0 Å². The van der Waals surface area contributed by atoms with Crippen molar-refractivity contribution < 1.29 is 22.7 Å². The van der Waals surface area contributed by atoms with Crippen molar-refractivity contribution in [3.05, 3.63) is 29.3 Å². The average Bonchev–Trinajstić information content (AvgIpc) is 2.73. The Hall–Kier alpha value is -1.96. The number of amides is 1. The van der Waals surface area contributed by atoms with Gasteiger partial charge in [0.2, 0.25) is 0 Å². The van der Waals surface area contributed by atoms with E-state index in [2.05, 4.69) is 16.1 Å². The Balaban J connectivity index is 1.51. The Morgan fingerprint density at radius 2 is 1.87 bits per heavy atom. The van der Waals surface area contributed by atoms with Gasteiger partial charge in [0.15, 0.2) is 0 Å². The Bertz CT molecular complexity index is 871. The highest BCUT2D eigenvalue weighted by atomic mass is 32.2. The number of benzene rings is 1. The lowest BCUT2D eigenvalue weighted by Crippen LogP contribution is -2.56. The minimum absolute atomic E-state index is 0.0248. The number of alkyl halides is 3. The third-order valence-electron chi connectivity index (χ3n) is 6.89. The first-order valence-electron chi connectivity index (χ1n) is 10.3. The number of rotatable bonds is 6. The zero-order chi connectivity index (χ0) is 22.3. The molecule has 0 unspecified atom stereocenters. The number of hydrogen-bond acceptors (Lipinski definition) is 6. The predicted molar refractivity (Wildman–Crippen MR) is 111 cm³/mol. The third kappa shape index (κ3) is 4.49. The lowest BCUT2D eigenvalue weighted by molar-refractivity contribution is -0.137.